The summed E-state index contributed by atoms with van der Waals surface area (Å²) in [6.45, 7) is 27.4. The maximum Gasteiger partial charge on any atom is 0.108 e. The summed E-state index contributed by atoms with van der Waals surface area (Å²) in [5.41, 5.74) is 8.79. The summed E-state index contributed by atoms with van der Waals surface area (Å²) in [5, 5.41) is 24.9. The number of allylic oxidation sites excluding steroid dienone is 8. The van der Waals surface area contributed by atoms with Crippen molar-refractivity contribution in [3.05, 3.63) is 93.2 Å². The first-order valence-electron chi connectivity index (χ1n) is 20.2. The predicted octanol–water partition coefficient (Wildman–Crippen LogP) is 10.4. The third-order valence-corrected chi connectivity index (χ3v) is 12.1. The van der Waals surface area contributed by atoms with Gasteiger partial charge in [0.1, 0.15) is 13.2 Å². The molecule has 0 aliphatic heterocycles. The molecule has 0 amide bonds. The molecule has 292 valence electrons. The number of aliphatic hydroxyl groups excluding tert-OH is 2. The van der Waals surface area contributed by atoms with E-state index in [9.17, 15) is 10.2 Å². The Morgan fingerprint density at radius 2 is 0.741 bits per heavy atom. The molecule has 5 aliphatic carbocycles. The van der Waals surface area contributed by atoms with E-state index in [1.807, 2.05) is 0 Å². The molecule has 8 bridgehead atoms. The average Bonchev–Trinajstić information content (AvgIpc) is 3.04. The molecule has 4 nitrogen and oxygen atoms in total. The molecule has 54 heavy (non-hydrogen) atoms. The zero-order chi connectivity index (χ0) is 40.0. The van der Waals surface area contributed by atoms with Crippen molar-refractivity contribution in [3.63, 3.8) is 0 Å². The van der Waals surface area contributed by atoms with Crippen molar-refractivity contribution < 1.29 is 19.7 Å². The van der Waals surface area contributed by atoms with Crippen molar-refractivity contribution in [1.82, 2.24) is 0 Å². The van der Waals surface area contributed by atoms with Crippen LogP contribution in [0.3, 0.4) is 0 Å². The number of hydrogen-bond acceptors (Lipinski definition) is 4. The highest BCUT2D eigenvalue weighted by Gasteiger charge is 2.41. The predicted molar refractivity (Wildman–Crippen MR) is 224 cm³/mol. The van der Waals surface area contributed by atoms with Gasteiger partial charge in [0.25, 0.3) is 0 Å². The second-order valence-corrected chi connectivity index (χ2v) is 20.6. The molecule has 0 aromatic carbocycles. The SMILES string of the molecule is C#CCOC1C2=CC(C(C)(C)C)=CC1CC1=CC(C(C)(C)C)=CC(CC3=CC(C(C)(C)C)=CC(CC4=CC(C(C)(C)C)=CC(C2)C4O)C3OCC#C)C1O. The molecule has 8 unspecified atom stereocenters. The summed E-state index contributed by atoms with van der Waals surface area (Å²) in [5.74, 6) is 5.03. The Kier molecular flexibility index (Phi) is 12.3. The molecule has 0 aromatic heterocycles. The standard InChI is InChI=1S/C50H68O4/c1-15-17-53-45-35-19-31-23-39(47(3,4)5)25-33(43(31)51)21-37-29-42(50(12,13)14)30-38(46(37)54-18-16-2)22-34-26-40(48(6,7)8)24-32(44(34)52)20-36(45)28-41(27-35)49(9,10)11/h1-2,23-31,34,36-37,43-46,51-52H,17-22H2,3-14H3. The van der Waals surface area contributed by atoms with Crippen molar-refractivity contribution in [1.29, 1.82) is 0 Å². The number of fused-ring (bicyclic) bond motifs is 8. The van der Waals surface area contributed by atoms with E-state index < -0.39 is 12.2 Å². The fourth-order valence-electron chi connectivity index (χ4n) is 8.78. The average molecular weight is 733 g/mol. The lowest BCUT2D eigenvalue weighted by Crippen LogP contribution is -2.38. The molecule has 0 radical (unpaired) electrons. The number of terminal acetylenes is 2. The molecule has 0 aromatic rings. The van der Waals surface area contributed by atoms with Gasteiger partial charge in [0, 0.05) is 23.7 Å². The topological polar surface area (TPSA) is 58.9 Å². The Balaban J connectivity index is 1.77. The van der Waals surface area contributed by atoms with E-state index in [1.165, 1.54) is 22.3 Å². The van der Waals surface area contributed by atoms with Gasteiger partial charge in [-0.2, -0.15) is 0 Å². The second kappa shape index (κ2) is 15.8. The Hall–Kier alpha value is -3.12. The molecule has 0 saturated heterocycles. The largest absolute Gasteiger partial charge is 0.388 e. The molecular formula is C50H68O4. The number of rotatable bonds is 4. The highest BCUT2D eigenvalue weighted by molar-refractivity contribution is 5.45. The maximum absolute atomic E-state index is 12.4. The van der Waals surface area contributed by atoms with Crippen LogP contribution in [0.15, 0.2) is 93.2 Å². The van der Waals surface area contributed by atoms with Gasteiger partial charge in [0.2, 0.25) is 0 Å². The van der Waals surface area contributed by atoms with Gasteiger partial charge in [-0.05, 0) is 91.9 Å². The maximum atomic E-state index is 12.4. The highest BCUT2D eigenvalue weighted by atomic mass is 16.5. The minimum absolute atomic E-state index is 0.0522. The zero-order valence-electron chi connectivity index (χ0n) is 35.3. The Bertz CT molecular complexity index is 1640. The van der Waals surface area contributed by atoms with Crippen LogP contribution < -0.4 is 0 Å². The van der Waals surface area contributed by atoms with Crippen molar-refractivity contribution in [2.24, 2.45) is 45.3 Å². The van der Waals surface area contributed by atoms with Crippen molar-refractivity contribution in [2.75, 3.05) is 13.2 Å². The summed E-state index contributed by atoms with van der Waals surface area (Å²) < 4.78 is 13.2. The monoisotopic (exact) mass is 733 g/mol. The Morgan fingerprint density at radius 1 is 0.481 bits per heavy atom. The summed E-state index contributed by atoms with van der Waals surface area (Å²) in [4.78, 5) is 0. The van der Waals surface area contributed by atoms with Crippen LogP contribution in [0.5, 0.6) is 0 Å². The molecule has 0 heterocycles. The first-order chi connectivity index (χ1) is 25.0. The fraction of sp³-hybridized carbons (Fsp3) is 0.600. The minimum Gasteiger partial charge on any atom is -0.388 e. The van der Waals surface area contributed by atoms with Gasteiger partial charge < -0.3 is 19.7 Å². The van der Waals surface area contributed by atoms with Gasteiger partial charge in [0.05, 0.1) is 24.4 Å². The summed E-state index contributed by atoms with van der Waals surface area (Å²) in [6, 6.07) is 0. The van der Waals surface area contributed by atoms with E-state index in [4.69, 9.17) is 22.3 Å². The van der Waals surface area contributed by atoms with E-state index in [0.29, 0.717) is 25.7 Å². The van der Waals surface area contributed by atoms with Crippen LogP contribution in [0.2, 0.25) is 0 Å². The lowest BCUT2D eigenvalue weighted by molar-refractivity contribution is 0.0532. The summed E-state index contributed by atoms with van der Waals surface area (Å²) in [6.07, 6.45) is 30.7. The van der Waals surface area contributed by atoms with E-state index in [1.54, 1.807) is 0 Å². The van der Waals surface area contributed by atoms with Crippen LogP contribution in [0.4, 0.5) is 0 Å². The van der Waals surface area contributed by atoms with Crippen LogP contribution in [-0.2, 0) is 9.47 Å². The quantitative estimate of drug-likeness (QED) is 0.283. The molecule has 1 saturated carbocycles. The summed E-state index contributed by atoms with van der Waals surface area (Å²) in [7, 11) is 0. The van der Waals surface area contributed by atoms with Gasteiger partial charge in [-0.15, -0.1) is 12.8 Å². The molecule has 2 N–H and O–H groups in total. The smallest absolute Gasteiger partial charge is 0.108 e. The van der Waals surface area contributed by atoms with E-state index >= 15 is 0 Å². The van der Waals surface area contributed by atoms with Gasteiger partial charge in [0.15, 0.2) is 0 Å². The van der Waals surface area contributed by atoms with Crippen LogP contribution in [0, 0.1) is 70.0 Å². The van der Waals surface area contributed by atoms with Gasteiger partial charge >= 0.3 is 0 Å². The number of ether oxygens (including phenoxy) is 2. The van der Waals surface area contributed by atoms with E-state index in [-0.39, 0.29) is 70.8 Å². The molecule has 5 rings (SSSR count). The molecule has 8 atom stereocenters. The first kappa shape index (κ1) is 42.0. The third-order valence-electron chi connectivity index (χ3n) is 12.1. The number of aliphatic hydroxyl groups is 2. The van der Waals surface area contributed by atoms with Gasteiger partial charge in [-0.1, -0.05) is 144 Å². The normalized spacial score (nSPS) is 30.9. The lowest BCUT2D eigenvalue weighted by atomic mass is 9.67. The third kappa shape index (κ3) is 9.45. The summed E-state index contributed by atoms with van der Waals surface area (Å²) >= 11 is 0. The van der Waals surface area contributed by atoms with Crippen molar-refractivity contribution in [3.8, 4) is 24.7 Å². The Labute approximate surface area is 328 Å². The van der Waals surface area contributed by atoms with Crippen LogP contribution in [0.25, 0.3) is 0 Å². The molecule has 5 aliphatic rings. The highest BCUT2D eigenvalue weighted by Crippen LogP contribution is 2.48. The van der Waals surface area contributed by atoms with Crippen molar-refractivity contribution >= 4 is 0 Å². The van der Waals surface area contributed by atoms with Crippen molar-refractivity contribution in [2.45, 2.75) is 133 Å². The molecular weight excluding hydrogens is 665 g/mol. The van der Waals surface area contributed by atoms with Crippen LogP contribution in [-0.4, -0.2) is 47.8 Å². The van der Waals surface area contributed by atoms with E-state index in [2.05, 4.69) is 144 Å². The second-order valence-electron chi connectivity index (χ2n) is 20.6. The molecule has 1 fully saturated rings. The lowest BCUT2D eigenvalue weighted by Gasteiger charge is -2.42. The van der Waals surface area contributed by atoms with E-state index in [0.717, 1.165) is 22.3 Å². The minimum atomic E-state index is -0.684. The molecule has 0 spiro atoms. The fourth-order valence-corrected chi connectivity index (χ4v) is 8.78. The van der Waals surface area contributed by atoms with Gasteiger partial charge in [-0.3, -0.25) is 0 Å². The first-order valence-corrected chi connectivity index (χ1v) is 20.2. The molecule has 4 heteroatoms. The van der Waals surface area contributed by atoms with Gasteiger partial charge in [-0.25, -0.2) is 0 Å². The Morgan fingerprint density at radius 3 is 1.02 bits per heavy atom. The zero-order valence-corrected chi connectivity index (χ0v) is 35.3. The number of hydrogen-bond donors (Lipinski definition) is 2. The van der Waals surface area contributed by atoms with Crippen LogP contribution in [0.1, 0.15) is 109 Å². The van der Waals surface area contributed by atoms with Crippen LogP contribution >= 0.6 is 0 Å².